The molecule has 1 aliphatic heterocycles. The first kappa shape index (κ1) is 10.9. The standard InChI is InChI=1S/C12H16ClNO/c1-2-14-7-8-15-12(9-14)10-3-5-11(13)6-4-10/h3-6,12H,2,7-9H2,1H3/t12-/m1/s1. The van der Waals surface area contributed by atoms with Crippen molar-refractivity contribution in [3.8, 4) is 0 Å². The van der Waals surface area contributed by atoms with E-state index in [9.17, 15) is 0 Å². The minimum Gasteiger partial charge on any atom is -0.371 e. The Labute approximate surface area is 95.8 Å². The summed E-state index contributed by atoms with van der Waals surface area (Å²) in [6, 6.07) is 7.94. The van der Waals surface area contributed by atoms with E-state index in [4.69, 9.17) is 16.3 Å². The molecule has 3 heteroatoms. The number of likely N-dealkylation sites (N-methyl/N-ethyl adjacent to an activating group) is 1. The Bertz CT molecular complexity index is 312. The van der Waals surface area contributed by atoms with Crippen molar-refractivity contribution in [2.24, 2.45) is 0 Å². The van der Waals surface area contributed by atoms with E-state index in [1.165, 1.54) is 5.56 Å². The van der Waals surface area contributed by atoms with Crippen LogP contribution in [-0.4, -0.2) is 31.1 Å². The van der Waals surface area contributed by atoms with Crippen LogP contribution in [0, 0.1) is 0 Å². The molecule has 0 amide bonds. The fourth-order valence-electron chi connectivity index (χ4n) is 1.87. The second-order valence-electron chi connectivity index (χ2n) is 3.80. The van der Waals surface area contributed by atoms with Gasteiger partial charge in [-0.05, 0) is 24.2 Å². The molecule has 1 fully saturated rings. The third kappa shape index (κ3) is 2.71. The fourth-order valence-corrected chi connectivity index (χ4v) is 1.99. The van der Waals surface area contributed by atoms with Crippen LogP contribution in [-0.2, 0) is 4.74 Å². The van der Waals surface area contributed by atoms with Gasteiger partial charge < -0.3 is 4.74 Å². The molecule has 2 nitrogen and oxygen atoms in total. The van der Waals surface area contributed by atoms with Crippen LogP contribution in [0.5, 0.6) is 0 Å². The van der Waals surface area contributed by atoms with Crippen molar-refractivity contribution in [2.75, 3.05) is 26.2 Å². The second kappa shape index (κ2) is 4.97. The number of nitrogens with zero attached hydrogens (tertiary/aromatic N) is 1. The van der Waals surface area contributed by atoms with Crippen molar-refractivity contribution in [3.05, 3.63) is 34.9 Å². The molecule has 0 saturated carbocycles. The zero-order valence-corrected chi connectivity index (χ0v) is 9.70. The van der Waals surface area contributed by atoms with Crippen LogP contribution in [0.4, 0.5) is 0 Å². The third-order valence-corrected chi connectivity index (χ3v) is 3.09. The quantitative estimate of drug-likeness (QED) is 0.768. The average molecular weight is 226 g/mol. The average Bonchev–Trinajstić information content (AvgIpc) is 2.30. The van der Waals surface area contributed by atoms with Gasteiger partial charge in [0.25, 0.3) is 0 Å². The highest BCUT2D eigenvalue weighted by molar-refractivity contribution is 6.30. The van der Waals surface area contributed by atoms with Gasteiger partial charge in [-0.1, -0.05) is 30.7 Å². The lowest BCUT2D eigenvalue weighted by atomic mass is 10.1. The van der Waals surface area contributed by atoms with Gasteiger partial charge in [0.05, 0.1) is 12.7 Å². The van der Waals surface area contributed by atoms with Crippen LogP contribution in [0.2, 0.25) is 5.02 Å². The van der Waals surface area contributed by atoms with E-state index >= 15 is 0 Å². The molecule has 1 aromatic rings. The van der Waals surface area contributed by atoms with Gasteiger partial charge in [-0.15, -0.1) is 0 Å². The van der Waals surface area contributed by atoms with Crippen molar-refractivity contribution >= 4 is 11.6 Å². The molecule has 1 atom stereocenters. The van der Waals surface area contributed by atoms with E-state index < -0.39 is 0 Å². The van der Waals surface area contributed by atoms with Gasteiger partial charge in [0.1, 0.15) is 0 Å². The van der Waals surface area contributed by atoms with Crippen LogP contribution in [0.1, 0.15) is 18.6 Å². The van der Waals surface area contributed by atoms with Gasteiger partial charge in [0.2, 0.25) is 0 Å². The molecule has 1 aromatic carbocycles. The fraction of sp³-hybridized carbons (Fsp3) is 0.500. The molecule has 0 bridgehead atoms. The highest BCUT2D eigenvalue weighted by Crippen LogP contribution is 2.23. The lowest BCUT2D eigenvalue weighted by Crippen LogP contribution is -2.37. The summed E-state index contributed by atoms with van der Waals surface area (Å²) < 4.78 is 5.75. The predicted molar refractivity (Wildman–Crippen MR) is 62.3 cm³/mol. The Hall–Kier alpha value is -0.570. The van der Waals surface area contributed by atoms with E-state index in [1.807, 2.05) is 24.3 Å². The first-order chi connectivity index (χ1) is 7.29. The van der Waals surface area contributed by atoms with E-state index in [0.29, 0.717) is 0 Å². The first-order valence-corrected chi connectivity index (χ1v) is 5.77. The summed E-state index contributed by atoms with van der Waals surface area (Å²) in [4.78, 5) is 2.41. The maximum Gasteiger partial charge on any atom is 0.0952 e. The topological polar surface area (TPSA) is 12.5 Å². The molecule has 1 saturated heterocycles. The maximum absolute atomic E-state index is 5.86. The van der Waals surface area contributed by atoms with Crippen molar-refractivity contribution in [3.63, 3.8) is 0 Å². The zero-order valence-electron chi connectivity index (χ0n) is 8.95. The van der Waals surface area contributed by atoms with Gasteiger partial charge in [0.15, 0.2) is 0 Å². The van der Waals surface area contributed by atoms with Crippen molar-refractivity contribution < 1.29 is 4.74 Å². The van der Waals surface area contributed by atoms with E-state index in [0.717, 1.165) is 31.3 Å². The van der Waals surface area contributed by atoms with Crippen LogP contribution in [0.25, 0.3) is 0 Å². The Morgan fingerprint density at radius 1 is 1.40 bits per heavy atom. The molecular weight excluding hydrogens is 210 g/mol. The van der Waals surface area contributed by atoms with E-state index in [2.05, 4.69) is 11.8 Å². The van der Waals surface area contributed by atoms with Crippen LogP contribution in [0.3, 0.4) is 0 Å². The first-order valence-electron chi connectivity index (χ1n) is 5.39. The summed E-state index contributed by atoms with van der Waals surface area (Å²) in [5.41, 5.74) is 1.22. The summed E-state index contributed by atoms with van der Waals surface area (Å²) in [7, 11) is 0. The number of halogens is 1. The third-order valence-electron chi connectivity index (χ3n) is 2.84. The van der Waals surface area contributed by atoms with Gasteiger partial charge in [0, 0.05) is 18.1 Å². The molecule has 82 valence electrons. The zero-order chi connectivity index (χ0) is 10.7. The van der Waals surface area contributed by atoms with Gasteiger partial charge >= 0.3 is 0 Å². The van der Waals surface area contributed by atoms with Crippen molar-refractivity contribution in [1.29, 1.82) is 0 Å². The smallest absolute Gasteiger partial charge is 0.0952 e. The highest BCUT2D eigenvalue weighted by atomic mass is 35.5. The molecule has 0 spiro atoms. The molecule has 1 heterocycles. The largest absolute Gasteiger partial charge is 0.371 e. The lowest BCUT2D eigenvalue weighted by Gasteiger charge is -2.32. The minimum absolute atomic E-state index is 0.205. The second-order valence-corrected chi connectivity index (χ2v) is 4.24. The maximum atomic E-state index is 5.86. The van der Waals surface area contributed by atoms with Crippen LogP contribution >= 0.6 is 11.6 Å². The van der Waals surface area contributed by atoms with Crippen molar-refractivity contribution in [1.82, 2.24) is 4.90 Å². The lowest BCUT2D eigenvalue weighted by molar-refractivity contribution is -0.0281. The number of hydrogen-bond acceptors (Lipinski definition) is 2. The van der Waals surface area contributed by atoms with Gasteiger partial charge in [-0.2, -0.15) is 0 Å². The SMILES string of the molecule is CCN1CCO[C@@H](c2ccc(Cl)cc2)C1. The van der Waals surface area contributed by atoms with Crippen LogP contribution in [0.15, 0.2) is 24.3 Å². The Balaban J connectivity index is 2.06. The number of rotatable bonds is 2. The summed E-state index contributed by atoms with van der Waals surface area (Å²) in [5.74, 6) is 0. The molecule has 0 aromatic heterocycles. The Morgan fingerprint density at radius 3 is 2.80 bits per heavy atom. The monoisotopic (exact) mass is 225 g/mol. The van der Waals surface area contributed by atoms with E-state index in [-0.39, 0.29) is 6.10 Å². The number of morpholine rings is 1. The van der Waals surface area contributed by atoms with Crippen LogP contribution < -0.4 is 0 Å². The number of ether oxygens (including phenoxy) is 1. The molecule has 0 N–H and O–H groups in total. The summed E-state index contributed by atoms with van der Waals surface area (Å²) in [5, 5.41) is 0.780. The normalized spacial score (nSPS) is 22.9. The summed E-state index contributed by atoms with van der Waals surface area (Å²) >= 11 is 5.86. The summed E-state index contributed by atoms with van der Waals surface area (Å²) in [6.45, 7) is 6.12. The minimum atomic E-state index is 0.205. The molecular formula is C12H16ClNO. The molecule has 0 radical (unpaired) electrons. The molecule has 2 rings (SSSR count). The predicted octanol–water partition coefficient (Wildman–Crippen LogP) is 2.73. The molecule has 15 heavy (non-hydrogen) atoms. The summed E-state index contributed by atoms with van der Waals surface area (Å²) in [6.07, 6.45) is 0.205. The van der Waals surface area contributed by atoms with Gasteiger partial charge in [-0.3, -0.25) is 4.90 Å². The highest BCUT2D eigenvalue weighted by Gasteiger charge is 2.20. The number of hydrogen-bond donors (Lipinski definition) is 0. The molecule has 1 aliphatic rings. The van der Waals surface area contributed by atoms with E-state index in [1.54, 1.807) is 0 Å². The van der Waals surface area contributed by atoms with Crippen molar-refractivity contribution in [2.45, 2.75) is 13.0 Å². The van der Waals surface area contributed by atoms with Gasteiger partial charge in [-0.25, -0.2) is 0 Å². The Kier molecular flexibility index (Phi) is 3.62. The molecule has 0 unspecified atom stereocenters. The Morgan fingerprint density at radius 2 is 2.13 bits per heavy atom. The molecule has 0 aliphatic carbocycles. The number of benzene rings is 1.